The fraction of sp³-hybridized carbons (Fsp3) is 0.931. The van der Waals surface area contributed by atoms with Gasteiger partial charge in [-0.25, -0.2) is 4.79 Å². The van der Waals surface area contributed by atoms with Crippen LogP contribution in [0.4, 0.5) is 4.79 Å². The smallest absolute Gasteiger partial charge is 0.410 e. The first kappa shape index (κ1) is 42.3. The lowest BCUT2D eigenvalue weighted by Gasteiger charge is -2.24. The van der Waals surface area contributed by atoms with Crippen molar-refractivity contribution in [2.24, 2.45) is 0 Å². The van der Waals surface area contributed by atoms with Crippen LogP contribution in [0.5, 0.6) is 0 Å². The Balaban J connectivity index is 3.15. The van der Waals surface area contributed by atoms with Crippen LogP contribution in [0.25, 0.3) is 0 Å². The first-order chi connectivity index (χ1) is 21.2. The second-order valence-electron chi connectivity index (χ2n) is 10.2. The number of likely N-dealkylation sites (N-methyl/N-ethyl adjacent to an activating group) is 1. The zero-order valence-electron chi connectivity index (χ0n) is 27.3. The summed E-state index contributed by atoms with van der Waals surface area (Å²) in [5.41, 5.74) is -0.513. The van der Waals surface area contributed by atoms with Gasteiger partial charge in [-0.2, -0.15) is 0 Å². The molecule has 0 aliphatic rings. The van der Waals surface area contributed by atoms with E-state index in [9.17, 15) is 9.59 Å². The number of rotatable bonds is 33. The maximum absolute atomic E-state index is 11.8. The number of hydrogen-bond acceptors (Lipinski definition) is 13. The number of carboxylic acids is 1. The molecule has 1 N–H and O–H groups in total. The van der Waals surface area contributed by atoms with Gasteiger partial charge in [0.1, 0.15) is 5.60 Å². The predicted octanol–water partition coefficient (Wildman–Crippen LogP) is 1.49. The lowest BCUT2D eigenvalue weighted by atomic mass is 10.2. The molecule has 0 atom stereocenters. The van der Waals surface area contributed by atoms with E-state index in [1.54, 1.807) is 7.05 Å². The Labute approximate surface area is 262 Å². The lowest BCUT2D eigenvalue weighted by Crippen LogP contribution is -2.36. The van der Waals surface area contributed by atoms with Crippen LogP contribution in [0, 0.1) is 0 Å². The first-order valence-electron chi connectivity index (χ1n) is 15.2. The fourth-order valence-electron chi connectivity index (χ4n) is 2.87. The van der Waals surface area contributed by atoms with Crippen LogP contribution in [0.15, 0.2) is 0 Å². The minimum absolute atomic E-state index is 0.00523. The number of carbonyl (C=O) groups excluding carboxylic acids is 1. The van der Waals surface area contributed by atoms with Crippen molar-refractivity contribution in [2.75, 3.05) is 146 Å². The molecule has 0 saturated carbocycles. The molecule has 0 bridgehead atoms. The molecule has 0 aromatic rings. The molecule has 1 amide bonds. The van der Waals surface area contributed by atoms with E-state index < -0.39 is 11.6 Å². The van der Waals surface area contributed by atoms with Crippen molar-refractivity contribution in [3.05, 3.63) is 0 Å². The summed E-state index contributed by atoms with van der Waals surface area (Å²) in [5, 5.41) is 8.48. The maximum Gasteiger partial charge on any atom is 0.410 e. The Morgan fingerprint density at radius 1 is 0.477 bits per heavy atom. The summed E-state index contributed by atoms with van der Waals surface area (Å²) < 4.78 is 59.2. The summed E-state index contributed by atoms with van der Waals surface area (Å²) in [6, 6.07) is 0. The number of nitrogens with zero attached hydrogens (tertiary/aromatic N) is 1. The molecule has 44 heavy (non-hydrogen) atoms. The fourth-order valence-corrected chi connectivity index (χ4v) is 2.87. The van der Waals surface area contributed by atoms with Crippen molar-refractivity contribution >= 4 is 12.1 Å². The highest BCUT2D eigenvalue weighted by atomic mass is 16.6. The number of carbonyl (C=O) groups is 2. The minimum atomic E-state index is -0.877. The molecular weight excluding hydrogens is 586 g/mol. The monoisotopic (exact) mass is 643 g/mol. The van der Waals surface area contributed by atoms with Crippen LogP contribution in [-0.4, -0.2) is 173 Å². The van der Waals surface area contributed by atoms with Gasteiger partial charge in [0.25, 0.3) is 0 Å². The molecule has 262 valence electrons. The van der Waals surface area contributed by atoms with Gasteiger partial charge in [0.2, 0.25) is 0 Å². The Hall–Kier alpha value is -1.66. The SMILES string of the molecule is CN(CCOCCOCCOCCOCCOCCOCCOCCOCCOCCOCCC(=O)O)C(=O)OC(C)(C)C. The van der Waals surface area contributed by atoms with Crippen molar-refractivity contribution in [3.63, 3.8) is 0 Å². The number of amides is 1. The van der Waals surface area contributed by atoms with Gasteiger partial charge in [-0.1, -0.05) is 0 Å². The van der Waals surface area contributed by atoms with Crippen molar-refractivity contribution in [1.29, 1.82) is 0 Å². The molecule has 0 unspecified atom stereocenters. The van der Waals surface area contributed by atoms with Crippen LogP contribution in [0.2, 0.25) is 0 Å². The van der Waals surface area contributed by atoms with Gasteiger partial charge >= 0.3 is 12.1 Å². The van der Waals surface area contributed by atoms with Gasteiger partial charge in [0.15, 0.2) is 0 Å². The molecule has 15 heteroatoms. The van der Waals surface area contributed by atoms with E-state index in [0.717, 1.165) is 0 Å². The van der Waals surface area contributed by atoms with E-state index >= 15 is 0 Å². The molecule has 0 rings (SSSR count). The lowest BCUT2D eigenvalue weighted by molar-refractivity contribution is -0.138. The van der Waals surface area contributed by atoms with Crippen molar-refractivity contribution in [1.82, 2.24) is 4.90 Å². The van der Waals surface area contributed by atoms with E-state index in [1.807, 2.05) is 20.8 Å². The molecule has 0 fully saturated rings. The third-order valence-electron chi connectivity index (χ3n) is 5.08. The van der Waals surface area contributed by atoms with Gasteiger partial charge in [-0.05, 0) is 20.8 Å². The summed E-state index contributed by atoms with van der Waals surface area (Å²) in [6.07, 6.45) is -0.374. The Kier molecular flexibility index (Phi) is 30.1. The van der Waals surface area contributed by atoms with Crippen molar-refractivity contribution in [3.8, 4) is 0 Å². The number of aliphatic carboxylic acids is 1. The molecule has 0 aliphatic carbocycles. The number of hydrogen-bond donors (Lipinski definition) is 1. The summed E-state index contributed by atoms with van der Waals surface area (Å²) in [5.74, 6) is -0.877. The summed E-state index contributed by atoms with van der Waals surface area (Å²) in [6.45, 7) is 14.8. The Bertz CT molecular complexity index is 650. The van der Waals surface area contributed by atoms with Crippen LogP contribution in [0.3, 0.4) is 0 Å². The molecule has 0 aromatic carbocycles. The quantitative estimate of drug-likeness (QED) is 0.103. The summed E-state index contributed by atoms with van der Waals surface area (Å²) in [7, 11) is 1.68. The largest absolute Gasteiger partial charge is 0.481 e. The third kappa shape index (κ3) is 34.8. The molecule has 0 radical (unpaired) electrons. The van der Waals surface area contributed by atoms with Crippen LogP contribution in [-0.2, 0) is 56.9 Å². The van der Waals surface area contributed by atoms with E-state index in [4.69, 9.17) is 57.2 Å². The average Bonchev–Trinajstić information content (AvgIpc) is 2.96. The van der Waals surface area contributed by atoms with E-state index in [2.05, 4.69) is 0 Å². The third-order valence-corrected chi connectivity index (χ3v) is 5.08. The second kappa shape index (κ2) is 31.3. The highest BCUT2D eigenvalue weighted by molar-refractivity contribution is 5.67. The average molecular weight is 644 g/mol. The Morgan fingerprint density at radius 3 is 0.977 bits per heavy atom. The number of carboxylic acid groups (broad SMARTS) is 1. The maximum atomic E-state index is 11.8. The van der Waals surface area contributed by atoms with Crippen LogP contribution < -0.4 is 0 Å². The van der Waals surface area contributed by atoms with E-state index in [-0.39, 0.29) is 19.1 Å². The second-order valence-corrected chi connectivity index (χ2v) is 10.2. The summed E-state index contributed by atoms with van der Waals surface area (Å²) >= 11 is 0. The standard InChI is InChI=1S/C29H57NO14/c1-29(2,3)44-28(33)30(4)6-8-35-10-12-37-14-16-39-18-20-41-22-24-43-26-25-42-23-21-40-19-17-38-15-13-36-11-9-34-7-5-27(31)32/h5-26H2,1-4H3,(H,31,32). The van der Waals surface area contributed by atoms with E-state index in [1.165, 1.54) is 4.90 Å². The molecule has 0 aliphatic heterocycles. The minimum Gasteiger partial charge on any atom is -0.481 e. The molecule has 15 nitrogen and oxygen atoms in total. The van der Waals surface area contributed by atoms with Crippen molar-refractivity contribution in [2.45, 2.75) is 32.8 Å². The van der Waals surface area contributed by atoms with Gasteiger partial charge < -0.3 is 62.1 Å². The summed E-state index contributed by atoms with van der Waals surface area (Å²) in [4.78, 5) is 23.6. The molecule has 0 saturated heterocycles. The van der Waals surface area contributed by atoms with E-state index in [0.29, 0.717) is 132 Å². The topological polar surface area (TPSA) is 159 Å². The first-order valence-corrected chi connectivity index (χ1v) is 15.2. The zero-order chi connectivity index (χ0) is 32.6. The van der Waals surface area contributed by atoms with Gasteiger partial charge in [0.05, 0.1) is 139 Å². The molecule has 0 aromatic heterocycles. The normalized spacial score (nSPS) is 11.6. The van der Waals surface area contributed by atoms with Gasteiger partial charge in [-0.3, -0.25) is 4.79 Å². The highest BCUT2D eigenvalue weighted by Gasteiger charge is 2.19. The Morgan fingerprint density at radius 2 is 0.727 bits per heavy atom. The van der Waals surface area contributed by atoms with Crippen LogP contribution >= 0.6 is 0 Å². The predicted molar refractivity (Wildman–Crippen MR) is 159 cm³/mol. The van der Waals surface area contributed by atoms with Gasteiger partial charge in [-0.15, -0.1) is 0 Å². The zero-order valence-corrected chi connectivity index (χ0v) is 27.3. The molecular formula is C29H57NO14. The van der Waals surface area contributed by atoms with Crippen molar-refractivity contribution < 1.29 is 66.8 Å². The van der Waals surface area contributed by atoms with Crippen LogP contribution in [0.1, 0.15) is 27.2 Å². The molecule has 0 heterocycles. The van der Waals surface area contributed by atoms with Gasteiger partial charge in [0, 0.05) is 13.6 Å². The highest BCUT2D eigenvalue weighted by Crippen LogP contribution is 2.08. The molecule has 0 spiro atoms. The number of ether oxygens (including phenoxy) is 11.